The molecular weight excluding hydrogens is 266 g/mol. The van der Waals surface area contributed by atoms with Crippen molar-refractivity contribution in [2.24, 2.45) is 5.92 Å². The van der Waals surface area contributed by atoms with E-state index in [4.69, 9.17) is 11.6 Å². The number of halogens is 1. The summed E-state index contributed by atoms with van der Waals surface area (Å²) in [4.78, 5) is 7.90. The highest BCUT2D eigenvalue weighted by atomic mass is 35.5. The molecule has 2 N–H and O–H groups in total. The Balaban J connectivity index is 1.67. The van der Waals surface area contributed by atoms with Gasteiger partial charge in [-0.3, -0.25) is 0 Å². The first kappa shape index (κ1) is 12.3. The molecule has 0 bridgehead atoms. The van der Waals surface area contributed by atoms with E-state index in [1.807, 2.05) is 30.0 Å². The number of hydrogen-bond donors (Lipinski definition) is 2. The third kappa shape index (κ3) is 2.82. The van der Waals surface area contributed by atoms with Crippen molar-refractivity contribution >= 4 is 34.4 Å². The zero-order valence-corrected chi connectivity index (χ0v) is 11.7. The van der Waals surface area contributed by atoms with Crippen LogP contribution in [0.15, 0.2) is 23.4 Å². The van der Waals surface area contributed by atoms with Crippen molar-refractivity contribution < 1.29 is 0 Å². The molecule has 1 fully saturated rings. The van der Waals surface area contributed by atoms with Gasteiger partial charge in [-0.25, -0.2) is 4.98 Å². The molecular formula is C13H16ClN3S. The van der Waals surface area contributed by atoms with Gasteiger partial charge in [-0.2, -0.15) is 0 Å². The zero-order valence-electron chi connectivity index (χ0n) is 10.1. The van der Waals surface area contributed by atoms with Gasteiger partial charge in [-0.15, -0.1) is 0 Å². The first-order chi connectivity index (χ1) is 8.81. The Hall–Kier alpha value is -0.710. The van der Waals surface area contributed by atoms with Crippen LogP contribution in [0.3, 0.4) is 0 Å². The number of H-pyrrole nitrogens is 1. The highest BCUT2D eigenvalue weighted by Gasteiger charge is 2.14. The van der Waals surface area contributed by atoms with Crippen molar-refractivity contribution in [1.82, 2.24) is 15.3 Å². The molecule has 2 aromatic rings. The first-order valence-electron chi connectivity index (χ1n) is 6.30. The quantitative estimate of drug-likeness (QED) is 0.848. The van der Waals surface area contributed by atoms with Gasteiger partial charge in [-0.1, -0.05) is 23.4 Å². The summed E-state index contributed by atoms with van der Waals surface area (Å²) in [6.07, 6.45) is 2.55. The van der Waals surface area contributed by atoms with Gasteiger partial charge < -0.3 is 10.3 Å². The normalized spacial score (nSPS) is 17.4. The molecule has 1 aromatic carbocycles. The van der Waals surface area contributed by atoms with E-state index in [2.05, 4.69) is 15.3 Å². The summed E-state index contributed by atoms with van der Waals surface area (Å²) < 4.78 is 0. The van der Waals surface area contributed by atoms with Crippen LogP contribution in [0.5, 0.6) is 0 Å². The highest BCUT2D eigenvalue weighted by Crippen LogP contribution is 2.25. The molecule has 1 saturated heterocycles. The van der Waals surface area contributed by atoms with E-state index in [1.165, 1.54) is 12.8 Å². The third-order valence-corrected chi connectivity index (χ3v) is 4.68. The fraction of sp³-hybridized carbons (Fsp3) is 0.462. The number of thioether (sulfide) groups is 1. The van der Waals surface area contributed by atoms with E-state index in [0.29, 0.717) is 0 Å². The molecule has 1 aliphatic heterocycles. The third-order valence-electron chi connectivity index (χ3n) is 3.34. The first-order valence-corrected chi connectivity index (χ1v) is 7.66. The predicted molar refractivity (Wildman–Crippen MR) is 77.4 cm³/mol. The standard InChI is InChI=1S/C13H16ClN3S/c14-10-1-2-11-12(7-10)17-13(16-11)18-8-9-3-5-15-6-4-9/h1-2,7,9,15H,3-6,8H2,(H,16,17). The van der Waals surface area contributed by atoms with Gasteiger partial charge in [-0.05, 0) is 50.0 Å². The van der Waals surface area contributed by atoms with E-state index in [9.17, 15) is 0 Å². The maximum absolute atomic E-state index is 5.97. The monoisotopic (exact) mass is 281 g/mol. The number of benzene rings is 1. The highest BCUT2D eigenvalue weighted by molar-refractivity contribution is 7.99. The lowest BCUT2D eigenvalue weighted by Gasteiger charge is -2.21. The molecule has 0 amide bonds. The van der Waals surface area contributed by atoms with Crippen molar-refractivity contribution in [3.63, 3.8) is 0 Å². The van der Waals surface area contributed by atoms with Gasteiger partial charge in [0.15, 0.2) is 5.16 Å². The number of imidazole rings is 1. The van der Waals surface area contributed by atoms with Crippen LogP contribution in [0.1, 0.15) is 12.8 Å². The minimum Gasteiger partial charge on any atom is -0.333 e. The van der Waals surface area contributed by atoms with Gasteiger partial charge in [0.1, 0.15) is 0 Å². The van der Waals surface area contributed by atoms with Crippen LogP contribution in [0, 0.1) is 5.92 Å². The lowest BCUT2D eigenvalue weighted by molar-refractivity contribution is 0.407. The Labute approximate surface area is 116 Å². The molecule has 2 heterocycles. The Kier molecular flexibility index (Phi) is 3.77. The zero-order chi connectivity index (χ0) is 12.4. The van der Waals surface area contributed by atoms with E-state index in [0.717, 1.165) is 46.0 Å². The molecule has 3 rings (SSSR count). The van der Waals surface area contributed by atoms with Crippen molar-refractivity contribution in [3.8, 4) is 0 Å². The summed E-state index contributed by atoms with van der Waals surface area (Å²) in [5.41, 5.74) is 2.02. The molecule has 0 spiro atoms. The summed E-state index contributed by atoms with van der Waals surface area (Å²) in [5, 5.41) is 5.15. The van der Waals surface area contributed by atoms with Gasteiger partial charge in [0.25, 0.3) is 0 Å². The number of rotatable bonds is 3. The maximum atomic E-state index is 5.97. The van der Waals surface area contributed by atoms with E-state index in [-0.39, 0.29) is 0 Å². The van der Waals surface area contributed by atoms with Crippen molar-refractivity contribution in [2.75, 3.05) is 18.8 Å². The number of nitrogens with zero attached hydrogens (tertiary/aromatic N) is 1. The van der Waals surface area contributed by atoms with E-state index in [1.54, 1.807) is 0 Å². The second kappa shape index (κ2) is 5.51. The number of piperidine rings is 1. The Morgan fingerprint density at radius 3 is 3.00 bits per heavy atom. The summed E-state index contributed by atoms with van der Waals surface area (Å²) in [7, 11) is 0. The molecule has 1 aliphatic rings. The predicted octanol–water partition coefficient (Wildman–Crippen LogP) is 3.31. The number of fused-ring (bicyclic) bond motifs is 1. The molecule has 0 aliphatic carbocycles. The van der Waals surface area contributed by atoms with Crippen LogP contribution in [0.4, 0.5) is 0 Å². The average molecular weight is 282 g/mol. The van der Waals surface area contributed by atoms with E-state index < -0.39 is 0 Å². The topological polar surface area (TPSA) is 40.7 Å². The largest absolute Gasteiger partial charge is 0.333 e. The van der Waals surface area contributed by atoms with Gasteiger partial charge in [0.05, 0.1) is 11.0 Å². The van der Waals surface area contributed by atoms with Crippen LogP contribution >= 0.6 is 23.4 Å². The van der Waals surface area contributed by atoms with Gasteiger partial charge in [0, 0.05) is 10.8 Å². The molecule has 5 heteroatoms. The molecule has 18 heavy (non-hydrogen) atoms. The lowest BCUT2D eigenvalue weighted by Crippen LogP contribution is -2.28. The van der Waals surface area contributed by atoms with Crippen LogP contribution in [-0.4, -0.2) is 28.8 Å². The molecule has 3 nitrogen and oxygen atoms in total. The second-order valence-electron chi connectivity index (χ2n) is 4.71. The fourth-order valence-corrected chi connectivity index (χ4v) is 3.52. The molecule has 0 radical (unpaired) electrons. The minimum absolute atomic E-state index is 0.751. The van der Waals surface area contributed by atoms with Crippen molar-refractivity contribution in [3.05, 3.63) is 23.2 Å². The molecule has 96 valence electrons. The van der Waals surface area contributed by atoms with Crippen molar-refractivity contribution in [2.45, 2.75) is 18.0 Å². The average Bonchev–Trinajstić information content (AvgIpc) is 2.79. The number of hydrogen-bond acceptors (Lipinski definition) is 3. The summed E-state index contributed by atoms with van der Waals surface area (Å²) in [6, 6.07) is 5.77. The summed E-state index contributed by atoms with van der Waals surface area (Å²) >= 11 is 7.79. The maximum Gasteiger partial charge on any atom is 0.166 e. The lowest BCUT2D eigenvalue weighted by atomic mass is 10.0. The van der Waals surface area contributed by atoms with Crippen LogP contribution in [0.25, 0.3) is 11.0 Å². The molecule has 0 atom stereocenters. The molecule has 0 saturated carbocycles. The van der Waals surface area contributed by atoms with Crippen LogP contribution < -0.4 is 5.32 Å². The number of aromatic amines is 1. The molecule has 1 aromatic heterocycles. The Bertz CT molecular complexity index is 534. The van der Waals surface area contributed by atoms with Gasteiger partial charge >= 0.3 is 0 Å². The van der Waals surface area contributed by atoms with Crippen LogP contribution in [0.2, 0.25) is 5.02 Å². The SMILES string of the molecule is Clc1ccc2nc(SCC3CCNCC3)[nH]c2c1. The Morgan fingerprint density at radius 2 is 2.17 bits per heavy atom. The minimum atomic E-state index is 0.751. The summed E-state index contributed by atoms with van der Waals surface area (Å²) in [5.74, 6) is 1.96. The number of aromatic nitrogens is 2. The fourth-order valence-electron chi connectivity index (χ4n) is 2.27. The van der Waals surface area contributed by atoms with Gasteiger partial charge in [0.2, 0.25) is 0 Å². The van der Waals surface area contributed by atoms with E-state index >= 15 is 0 Å². The van der Waals surface area contributed by atoms with Crippen LogP contribution in [-0.2, 0) is 0 Å². The summed E-state index contributed by atoms with van der Waals surface area (Å²) in [6.45, 7) is 2.31. The molecule has 0 unspecified atom stereocenters. The number of nitrogens with one attached hydrogen (secondary N) is 2. The smallest absolute Gasteiger partial charge is 0.166 e. The van der Waals surface area contributed by atoms with Crippen molar-refractivity contribution in [1.29, 1.82) is 0 Å². The second-order valence-corrected chi connectivity index (χ2v) is 6.15. The Morgan fingerprint density at radius 1 is 1.33 bits per heavy atom.